The molecular formula is C23H23ClN4O2S. The average molecular weight is 455 g/mol. The van der Waals surface area contributed by atoms with E-state index in [0.717, 1.165) is 11.3 Å². The first-order valence-electron chi connectivity index (χ1n) is 9.91. The highest BCUT2D eigenvalue weighted by atomic mass is 35.5. The number of H-pyrrole nitrogens is 1. The van der Waals surface area contributed by atoms with Crippen LogP contribution in [0.4, 0.5) is 0 Å². The van der Waals surface area contributed by atoms with E-state index in [1.165, 1.54) is 23.4 Å². The number of benzene rings is 2. The minimum absolute atomic E-state index is 0.113. The fourth-order valence-electron chi connectivity index (χ4n) is 3.05. The molecule has 4 aromatic rings. The molecule has 0 aliphatic rings. The Morgan fingerprint density at radius 3 is 2.45 bits per heavy atom. The van der Waals surface area contributed by atoms with Crippen LogP contribution < -0.4 is 10.3 Å². The second-order valence-electron chi connectivity index (χ2n) is 8.12. The van der Waals surface area contributed by atoms with Crippen molar-refractivity contribution < 1.29 is 4.74 Å². The van der Waals surface area contributed by atoms with Gasteiger partial charge in [-0.05, 0) is 47.4 Å². The minimum atomic E-state index is -0.223. The summed E-state index contributed by atoms with van der Waals surface area (Å²) in [5.74, 6) is 2.03. The third kappa shape index (κ3) is 5.11. The zero-order valence-corrected chi connectivity index (χ0v) is 19.1. The molecule has 0 aliphatic carbocycles. The van der Waals surface area contributed by atoms with Crippen LogP contribution in [0.3, 0.4) is 0 Å². The molecule has 4 rings (SSSR count). The monoisotopic (exact) mass is 454 g/mol. The Morgan fingerprint density at radius 2 is 1.77 bits per heavy atom. The van der Waals surface area contributed by atoms with Gasteiger partial charge in [0.05, 0.1) is 6.61 Å². The van der Waals surface area contributed by atoms with Gasteiger partial charge in [-0.2, -0.15) is 0 Å². The maximum atomic E-state index is 11.9. The van der Waals surface area contributed by atoms with Crippen molar-refractivity contribution >= 4 is 29.0 Å². The van der Waals surface area contributed by atoms with Crippen molar-refractivity contribution in [1.82, 2.24) is 19.6 Å². The number of ether oxygens (including phenoxy) is 1. The Kier molecular flexibility index (Phi) is 6.07. The summed E-state index contributed by atoms with van der Waals surface area (Å²) in [6, 6.07) is 16.9. The molecule has 8 heteroatoms. The van der Waals surface area contributed by atoms with E-state index in [2.05, 4.69) is 48.0 Å². The van der Waals surface area contributed by atoms with Crippen molar-refractivity contribution in [3.8, 4) is 17.1 Å². The standard InChI is InChI=1S/C23H23ClN4O2S/c1-23(2,3)16-6-10-18(11-7-16)30-12-13-31-22-26-21(15-4-8-17(24)9-5-15)25-19-14-20(29)27-28(19)22/h4-11,14H,12-13H2,1-3H3,(H,27,29). The third-order valence-corrected chi connectivity index (χ3v) is 5.89. The number of aromatic amines is 1. The highest BCUT2D eigenvalue weighted by Crippen LogP contribution is 2.25. The van der Waals surface area contributed by atoms with Crippen molar-refractivity contribution in [2.75, 3.05) is 12.4 Å². The number of nitrogens with zero attached hydrogens (tertiary/aromatic N) is 3. The van der Waals surface area contributed by atoms with Gasteiger partial charge in [0.2, 0.25) is 0 Å². The molecular weight excluding hydrogens is 432 g/mol. The maximum Gasteiger partial charge on any atom is 0.266 e. The first-order valence-corrected chi connectivity index (χ1v) is 11.3. The predicted octanol–water partition coefficient (Wildman–Crippen LogP) is 5.21. The zero-order valence-electron chi connectivity index (χ0n) is 17.6. The van der Waals surface area contributed by atoms with Crippen molar-refractivity contribution in [2.45, 2.75) is 31.3 Å². The maximum absolute atomic E-state index is 11.9. The quantitative estimate of drug-likeness (QED) is 0.320. The summed E-state index contributed by atoms with van der Waals surface area (Å²) in [5.41, 5.74) is 2.51. The van der Waals surface area contributed by atoms with Crippen molar-refractivity contribution in [3.05, 3.63) is 75.5 Å². The van der Waals surface area contributed by atoms with Crippen LogP contribution in [0.5, 0.6) is 5.75 Å². The number of fused-ring (bicyclic) bond motifs is 1. The predicted molar refractivity (Wildman–Crippen MR) is 125 cm³/mol. The Hall–Kier alpha value is -2.77. The molecule has 0 unspecified atom stereocenters. The topological polar surface area (TPSA) is 72.3 Å². The summed E-state index contributed by atoms with van der Waals surface area (Å²) in [6.07, 6.45) is 0. The SMILES string of the molecule is CC(C)(C)c1ccc(OCCSc2nc(-c3ccc(Cl)cc3)nc3cc(=O)[nH]n23)cc1. The molecule has 0 aliphatic heterocycles. The van der Waals surface area contributed by atoms with Crippen molar-refractivity contribution in [1.29, 1.82) is 0 Å². The minimum Gasteiger partial charge on any atom is -0.493 e. The van der Waals surface area contributed by atoms with Gasteiger partial charge >= 0.3 is 0 Å². The lowest BCUT2D eigenvalue weighted by atomic mass is 9.87. The van der Waals surface area contributed by atoms with E-state index in [0.29, 0.717) is 34.0 Å². The Balaban J connectivity index is 1.47. The van der Waals surface area contributed by atoms with Crippen LogP contribution in [-0.2, 0) is 5.41 Å². The molecule has 0 bridgehead atoms. The second-order valence-corrected chi connectivity index (χ2v) is 9.62. The van der Waals surface area contributed by atoms with Gasteiger partial charge in [-0.25, -0.2) is 14.5 Å². The van der Waals surface area contributed by atoms with E-state index in [1.54, 1.807) is 16.6 Å². The Morgan fingerprint density at radius 1 is 1.06 bits per heavy atom. The first-order chi connectivity index (χ1) is 14.8. The van der Waals surface area contributed by atoms with Gasteiger partial charge in [-0.1, -0.05) is 56.3 Å². The zero-order chi connectivity index (χ0) is 22.0. The second kappa shape index (κ2) is 8.77. The number of nitrogens with one attached hydrogen (secondary N) is 1. The lowest BCUT2D eigenvalue weighted by Crippen LogP contribution is -2.10. The summed E-state index contributed by atoms with van der Waals surface area (Å²) in [5, 5.41) is 4.03. The van der Waals surface area contributed by atoms with Crippen molar-refractivity contribution in [2.24, 2.45) is 0 Å². The van der Waals surface area contributed by atoms with Gasteiger partial charge in [0, 0.05) is 22.4 Å². The average Bonchev–Trinajstić information content (AvgIpc) is 3.11. The number of rotatable bonds is 6. The molecule has 0 fully saturated rings. The fraction of sp³-hybridized carbons (Fsp3) is 0.261. The molecule has 6 nitrogen and oxygen atoms in total. The van der Waals surface area contributed by atoms with Gasteiger partial charge < -0.3 is 4.74 Å². The summed E-state index contributed by atoms with van der Waals surface area (Å²) in [7, 11) is 0. The van der Waals surface area contributed by atoms with E-state index in [-0.39, 0.29) is 11.0 Å². The molecule has 2 heterocycles. The van der Waals surface area contributed by atoms with Crippen LogP contribution in [0.25, 0.3) is 17.0 Å². The molecule has 0 saturated heterocycles. The van der Waals surface area contributed by atoms with Crippen LogP contribution in [0.15, 0.2) is 64.5 Å². The highest BCUT2D eigenvalue weighted by molar-refractivity contribution is 7.99. The summed E-state index contributed by atoms with van der Waals surface area (Å²) >= 11 is 7.48. The molecule has 0 amide bonds. The van der Waals surface area contributed by atoms with Gasteiger partial charge in [0.25, 0.3) is 5.56 Å². The summed E-state index contributed by atoms with van der Waals surface area (Å²) in [6.45, 7) is 7.07. The Labute approximate surface area is 189 Å². The van der Waals surface area contributed by atoms with Crippen LogP contribution in [-0.4, -0.2) is 31.9 Å². The third-order valence-electron chi connectivity index (χ3n) is 4.73. The smallest absolute Gasteiger partial charge is 0.266 e. The molecule has 2 aromatic heterocycles. The molecule has 0 spiro atoms. The number of aromatic nitrogens is 4. The molecule has 0 radical (unpaired) electrons. The molecule has 0 atom stereocenters. The molecule has 1 N–H and O–H groups in total. The van der Waals surface area contributed by atoms with E-state index in [9.17, 15) is 4.79 Å². The van der Waals surface area contributed by atoms with E-state index in [4.69, 9.17) is 16.3 Å². The highest BCUT2D eigenvalue weighted by Gasteiger charge is 2.14. The Bertz CT molecular complexity index is 1240. The molecule has 2 aromatic carbocycles. The number of thioether (sulfide) groups is 1. The van der Waals surface area contributed by atoms with Crippen LogP contribution in [0.1, 0.15) is 26.3 Å². The van der Waals surface area contributed by atoms with E-state index < -0.39 is 0 Å². The van der Waals surface area contributed by atoms with Crippen molar-refractivity contribution in [3.63, 3.8) is 0 Å². The van der Waals surface area contributed by atoms with Crippen LogP contribution in [0.2, 0.25) is 5.02 Å². The van der Waals surface area contributed by atoms with Gasteiger partial charge in [0.1, 0.15) is 5.75 Å². The normalized spacial score (nSPS) is 11.7. The van der Waals surface area contributed by atoms with Crippen LogP contribution in [0, 0.1) is 0 Å². The largest absolute Gasteiger partial charge is 0.493 e. The lowest BCUT2D eigenvalue weighted by Gasteiger charge is -2.19. The first kappa shape index (κ1) is 21.5. The number of hydrogen-bond donors (Lipinski definition) is 1. The number of halogens is 1. The molecule has 0 saturated carbocycles. The van der Waals surface area contributed by atoms with Crippen LogP contribution >= 0.6 is 23.4 Å². The number of hydrogen-bond acceptors (Lipinski definition) is 5. The summed E-state index contributed by atoms with van der Waals surface area (Å²) in [4.78, 5) is 21.0. The van der Waals surface area contributed by atoms with Gasteiger partial charge in [0.15, 0.2) is 16.6 Å². The lowest BCUT2D eigenvalue weighted by molar-refractivity contribution is 0.343. The summed E-state index contributed by atoms with van der Waals surface area (Å²) < 4.78 is 7.48. The van der Waals surface area contributed by atoms with Gasteiger partial charge in [-0.15, -0.1) is 0 Å². The van der Waals surface area contributed by atoms with E-state index in [1.807, 2.05) is 24.3 Å². The van der Waals surface area contributed by atoms with E-state index >= 15 is 0 Å². The van der Waals surface area contributed by atoms with Gasteiger partial charge in [-0.3, -0.25) is 9.89 Å². The molecule has 160 valence electrons. The fourth-order valence-corrected chi connectivity index (χ4v) is 3.95. The molecule has 31 heavy (non-hydrogen) atoms.